The number of hydrogen-bond donors (Lipinski definition) is 1. The molecule has 1 aromatic carbocycles. The van der Waals surface area contributed by atoms with Crippen LogP contribution in [0.3, 0.4) is 0 Å². The molecule has 1 aromatic heterocycles. The van der Waals surface area contributed by atoms with Gasteiger partial charge in [-0.2, -0.15) is 0 Å². The number of nitrogens with one attached hydrogen (secondary N) is 1. The predicted octanol–water partition coefficient (Wildman–Crippen LogP) is 4.22. The Morgan fingerprint density at radius 3 is 2.57 bits per heavy atom. The molecular weight excluding hydrogens is 331 g/mol. The van der Waals surface area contributed by atoms with Crippen LogP contribution in [0.2, 0.25) is 0 Å². The van der Waals surface area contributed by atoms with Crippen molar-refractivity contribution in [2.75, 3.05) is 26.7 Å². The van der Waals surface area contributed by atoms with E-state index >= 15 is 0 Å². The van der Waals surface area contributed by atoms with Crippen molar-refractivity contribution in [2.24, 2.45) is 5.92 Å². The molecule has 1 fully saturated rings. The Hall–Kier alpha value is -1.00. The SMILES string of the molecule is CN(Cc1ccc(-c2ccco2)cc1)CC1CCCNC1.Cl.Cl. The molecular formula is C18H26Cl2N2O. The van der Waals surface area contributed by atoms with Gasteiger partial charge in [0.1, 0.15) is 5.76 Å². The lowest BCUT2D eigenvalue weighted by Gasteiger charge is -2.27. The highest BCUT2D eigenvalue weighted by Gasteiger charge is 2.15. The number of furan rings is 1. The molecule has 1 unspecified atom stereocenters. The number of halogens is 2. The van der Waals surface area contributed by atoms with E-state index < -0.39 is 0 Å². The van der Waals surface area contributed by atoms with Crippen molar-refractivity contribution in [3.63, 3.8) is 0 Å². The fraction of sp³-hybridized carbons (Fsp3) is 0.444. The van der Waals surface area contributed by atoms with E-state index in [1.807, 2.05) is 12.1 Å². The number of hydrogen-bond acceptors (Lipinski definition) is 3. The molecule has 1 aliphatic rings. The summed E-state index contributed by atoms with van der Waals surface area (Å²) in [5.74, 6) is 1.73. The average molecular weight is 357 g/mol. The van der Waals surface area contributed by atoms with E-state index in [0.29, 0.717) is 0 Å². The molecule has 23 heavy (non-hydrogen) atoms. The largest absolute Gasteiger partial charge is 0.464 e. The van der Waals surface area contributed by atoms with Crippen LogP contribution in [0.15, 0.2) is 47.1 Å². The van der Waals surface area contributed by atoms with Gasteiger partial charge in [0.05, 0.1) is 6.26 Å². The second-order valence-corrected chi connectivity index (χ2v) is 6.08. The Morgan fingerprint density at radius 2 is 1.96 bits per heavy atom. The van der Waals surface area contributed by atoms with Gasteiger partial charge >= 0.3 is 0 Å². The molecule has 0 amide bonds. The fourth-order valence-corrected chi connectivity index (χ4v) is 3.11. The van der Waals surface area contributed by atoms with Crippen molar-refractivity contribution in [1.29, 1.82) is 0 Å². The highest BCUT2D eigenvalue weighted by molar-refractivity contribution is 5.85. The van der Waals surface area contributed by atoms with Crippen molar-refractivity contribution >= 4 is 24.8 Å². The third kappa shape index (κ3) is 5.85. The molecule has 3 nitrogen and oxygen atoms in total. The van der Waals surface area contributed by atoms with Crippen molar-refractivity contribution < 1.29 is 4.42 Å². The number of rotatable bonds is 5. The molecule has 3 rings (SSSR count). The molecule has 0 bridgehead atoms. The maximum absolute atomic E-state index is 5.42. The second kappa shape index (κ2) is 9.99. The molecule has 1 aliphatic heterocycles. The van der Waals surface area contributed by atoms with Gasteiger partial charge in [0, 0.05) is 18.7 Å². The maximum Gasteiger partial charge on any atom is 0.133 e. The predicted molar refractivity (Wildman–Crippen MR) is 101 cm³/mol. The van der Waals surface area contributed by atoms with Gasteiger partial charge in [-0.15, -0.1) is 24.8 Å². The molecule has 5 heteroatoms. The smallest absolute Gasteiger partial charge is 0.133 e. The summed E-state index contributed by atoms with van der Waals surface area (Å²) < 4.78 is 5.42. The monoisotopic (exact) mass is 356 g/mol. The lowest BCUT2D eigenvalue weighted by atomic mass is 9.99. The molecule has 0 saturated carbocycles. The first kappa shape index (κ1) is 20.0. The van der Waals surface area contributed by atoms with Crippen LogP contribution >= 0.6 is 24.8 Å². The molecule has 0 radical (unpaired) electrons. The molecule has 1 atom stereocenters. The van der Waals surface area contributed by atoms with Crippen molar-refractivity contribution in [3.05, 3.63) is 48.2 Å². The number of benzene rings is 1. The quantitative estimate of drug-likeness (QED) is 0.869. The van der Waals surface area contributed by atoms with Crippen LogP contribution in [0.4, 0.5) is 0 Å². The Balaban J connectivity index is 0.00000132. The summed E-state index contributed by atoms with van der Waals surface area (Å²) in [7, 11) is 2.22. The summed E-state index contributed by atoms with van der Waals surface area (Å²) in [6.45, 7) is 4.54. The first-order valence-corrected chi connectivity index (χ1v) is 7.83. The van der Waals surface area contributed by atoms with E-state index in [-0.39, 0.29) is 24.8 Å². The third-order valence-corrected chi connectivity index (χ3v) is 4.18. The van der Waals surface area contributed by atoms with E-state index in [9.17, 15) is 0 Å². The Morgan fingerprint density at radius 1 is 1.17 bits per heavy atom. The van der Waals surface area contributed by atoms with Crippen LogP contribution in [0, 0.1) is 5.92 Å². The highest BCUT2D eigenvalue weighted by Crippen LogP contribution is 2.20. The molecule has 0 spiro atoms. The first-order valence-electron chi connectivity index (χ1n) is 7.83. The first-order chi connectivity index (χ1) is 10.3. The zero-order valence-electron chi connectivity index (χ0n) is 13.5. The lowest BCUT2D eigenvalue weighted by Crippen LogP contribution is -2.36. The molecule has 1 saturated heterocycles. The van der Waals surface area contributed by atoms with Crippen molar-refractivity contribution in [3.8, 4) is 11.3 Å². The standard InChI is InChI=1S/C18H24N2O.2ClH/c1-20(14-16-4-2-10-19-12-16)13-15-6-8-17(9-7-15)18-5-3-11-21-18;;/h3,5-9,11,16,19H,2,4,10,12-14H2,1H3;2*1H. The average Bonchev–Trinajstić information content (AvgIpc) is 3.03. The van der Waals surface area contributed by atoms with Crippen LogP contribution in [0.1, 0.15) is 18.4 Å². The van der Waals surface area contributed by atoms with Gasteiger partial charge in [0.2, 0.25) is 0 Å². The zero-order valence-corrected chi connectivity index (χ0v) is 15.2. The van der Waals surface area contributed by atoms with Gasteiger partial charge in [-0.1, -0.05) is 24.3 Å². The van der Waals surface area contributed by atoms with Gasteiger partial charge < -0.3 is 14.6 Å². The third-order valence-electron chi connectivity index (χ3n) is 4.18. The summed E-state index contributed by atoms with van der Waals surface area (Å²) in [5.41, 5.74) is 2.50. The summed E-state index contributed by atoms with van der Waals surface area (Å²) in [4.78, 5) is 2.43. The summed E-state index contributed by atoms with van der Waals surface area (Å²) in [6, 6.07) is 12.6. The number of nitrogens with zero attached hydrogens (tertiary/aromatic N) is 1. The van der Waals surface area contributed by atoms with Crippen LogP contribution in [-0.4, -0.2) is 31.6 Å². The summed E-state index contributed by atoms with van der Waals surface area (Å²) in [6.07, 6.45) is 4.39. The molecule has 0 aliphatic carbocycles. The topological polar surface area (TPSA) is 28.4 Å². The zero-order chi connectivity index (χ0) is 14.5. The van der Waals surface area contributed by atoms with Gasteiger partial charge in [-0.25, -0.2) is 0 Å². The van der Waals surface area contributed by atoms with Crippen molar-refractivity contribution in [1.82, 2.24) is 10.2 Å². The van der Waals surface area contributed by atoms with Crippen LogP contribution < -0.4 is 5.32 Å². The Kier molecular flexibility index (Phi) is 8.71. The van der Waals surface area contributed by atoms with Gasteiger partial charge in [0.25, 0.3) is 0 Å². The van der Waals surface area contributed by atoms with Crippen LogP contribution in [0.25, 0.3) is 11.3 Å². The summed E-state index contributed by atoms with van der Waals surface area (Å²) >= 11 is 0. The fourth-order valence-electron chi connectivity index (χ4n) is 3.11. The van der Waals surface area contributed by atoms with E-state index in [1.54, 1.807) is 6.26 Å². The molecule has 1 N–H and O–H groups in total. The minimum atomic E-state index is 0. The van der Waals surface area contributed by atoms with E-state index in [0.717, 1.165) is 23.8 Å². The summed E-state index contributed by atoms with van der Waals surface area (Å²) in [5, 5.41) is 3.49. The van der Waals surface area contributed by atoms with Gasteiger partial charge in [-0.05, 0) is 56.6 Å². The van der Waals surface area contributed by atoms with E-state index in [1.165, 1.54) is 38.0 Å². The maximum atomic E-state index is 5.42. The van der Waals surface area contributed by atoms with Gasteiger partial charge in [-0.3, -0.25) is 0 Å². The highest BCUT2D eigenvalue weighted by atomic mass is 35.5. The van der Waals surface area contributed by atoms with Crippen molar-refractivity contribution in [2.45, 2.75) is 19.4 Å². The van der Waals surface area contributed by atoms with Crippen LogP contribution in [0.5, 0.6) is 0 Å². The molecule has 2 heterocycles. The Labute approximate surface area is 151 Å². The lowest BCUT2D eigenvalue weighted by molar-refractivity contribution is 0.237. The molecule has 128 valence electrons. The number of piperidine rings is 1. The Bertz CT molecular complexity index is 537. The minimum absolute atomic E-state index is 0. The molecule has 2 aromatic rings. The van der Waals surface area contributed by atoms with Gasteiger partial charge in [0.15, 0.2) is 0 Å². The van der Waals surface area contributed by atoms with E-state index in [4.69, 9.17) is 4.42 Å². The normalized spacial score (nSPS) is 17.4. The van der Waals surface area contributed by atoms with E-state index in [2.05, 4.69) is 41.5 Å². The second-order valence-electron chi connectivity index (χ2n) is 6.08. The minimum Gasteiger partial charge on any atom is -0.464 e. The van der Waals surface area contributed by atoms with Crippen LogP contribution in [-0.2, 0) is 6.54 Å².